The fourth-order valence-electron chi connectivity index (χ4n) is 2.54. The quantitative estimate of drug-likeness (QED) is 0.679. The lowest BCUT2D eigenvalue weighted by Crippen LogP contribution is -2.24. The highest BCUT2D eigenvalue weighted by atomic mass is 32.2. The van der Waals surface area contributed by atoms with Gasteiger partial charge in [-0.3, -0.25) is 4.57 Å². The number of aromatic nitrogens is 2. The minimum absolute atomic E-state index is 0.622. The highest BCUT2D eigenvalue weighted by Crippen LogP contribution is 2.29. The van der Waals surface area contributed by atoms with Crippen molar-refractivity contribution in [3.63, 3.8) is 0 Å². The molecule has 0 N–H and O–H groups in total. The molecule has 1 aliphatic heterocycles. The van der Waals surface area contributed by atoms with Crippen LogP contribution in [0.3, 0.4) is 0 Å². The Morgan fingerprint density at radius 1 is 1.05 bits per heavy atom. The lowest BCUT2D eigenvalue weighted by molar-refractivity contribution is 0.372. The molecule has 0 radical (unpaired) electrons. The van der Waals surface area contributed by atoms with Crippen molar-refractivity contribution in [1.29, 1.82) is 0 Å². The van der Waals surface area contributed by atoms with E-state index in [1.165, 1.54) is 0 Å². The molecule has 1 atom stereocenters. The van der Waals surface area contributed by atoms with Gasteiger partial charge in [0.1, 0.15) is 18.0 Å². The standard InChI is InChI=1S/C15H13N3OS/c19-20-15-16-13-8-4-5-9-14(13)18(15)11-17(20)10-12-6-2-1-3-7-12/h1-9H,10-11H2. The van der Waals surface area contributed by atoms with Gasteiger partial charge in [0.05, 0.1) is 17.6 Å². The maximum Gasteiger partial charge on any atom is 0.347 e. The second kappa shape index (κ2) is 4.63. The molecule has 4 nitrogen and oxygen atoms in total. The van der Waals surface area contributed by atoms with E-state index in [9.17, 15) is 4.55 Å². The maximum atomic E-state index is 12.5. The van der Waals surface area contributed by atoms with E-state index in [4.69, 9.17) is 0 Å². The highest BCUT2D eigenvalue weighted by molar-refractivity contribution is 7.89. The van der Waals surface area contributed by atoms with E-state index >= 15 is 0 Å². The van der Waals surface area contributed by atoms with Crippen LogP contribution in [-0.4, -0.2) is 18.4 Å². The number of para-hydroxylation sites is 2. The summed E-state index contributed by atoms with van der Waals surface area (Å²) >= 11 is -1.18. The van der Waals surface area contributed by atoms with Crippen molar-refractivity contribution >= 4 is 22.4 Å². The molecule has 0 spiro atoms. The SMILES string of the molecule is [O-][S+]1c2nc3ccccc3n2CN1Cc1ccccc1. The Bertz CT molecular complexity index is 756. The van der Waals surface area contributed by atoms with E-state index in [0.717, 1.165) is 16.6 Å². The number of imidazole rings is 1. The fourth-order valence-corrected chi connectivity index (χ4v) is 3.78. The smallest absolute Gasteiger partial charge is 0.347 e. The van der Waals surface area contributed by atoms with Gasteiger partial charge in [-0.1, -0.05) is 46.8 Å². The molecule has 0 fully saturated rings. The Labute approximate surface area is 120 Å². The molecule has 0 saturated carbocycles. The number of hydrogen-bond acceptors (Lipinski definition) is 3. The van der Waals surface area contributed by atoms with E-state index in [0.29, 0.717) is 18.4 Å². The number of rotatable bonds is 2. The number of benzene rings is 2. The second-order valence-corrected chi connectivity index (χ2v) is 6.21. The Hall–Kier alpha value is -1.82. The zero-order chi connectivity index (χ0) is 13.5. The van der Waals surface area contributed by atoms with Gasteiger partial charge in [-0.15, -0.1) is 0 Å². The van der Waals surface area contributed by atoms with Crippen molar-refractivity contribution in [2.75, 3.05) is 0 Å². The van der Waals surface area contributed by atoms with Crippen molar-refractivity contribution in [1.82, 2.24) is 13.9 Å². The van der Waals surface area contributed by atoms with E-state index in [2.05, 4.69) is 17.1 Å². The van der Waals surface area contributed by atoms with Gasteiger partial charge >= 0.3 is 5.16 Å². The van der Waals surface area contributed by atoms with Crippen LogP contribution in [0.25, 0.3) is 11.0 Å². The predicted octanol–water partition coefficient (Wildman–Crippen LogP) is 2.53. The maximum absolute atomic E-state index is 12.5. The van der Waals surface area contributed by atoms with Crippen LogP contribution in [0.5, 0.6) is 0 Å². The van der Waals surface area contributed by atoms with Crippen LogP contribution in [0.1, 0.15) is 5.56 Å². The Balaban J connectivity index is 1.67. The van der Waals surface area contributed by atoms with Crippen LogP contribution in [0.4, 0.5) is 0 Å². The van der Waals surface area contributed by atoms with E-state index in [1.807, 2.05) is 51.3 Å². The monoisotopic (exact) mass is 283 g/mol. The van der Waals surface area contributed by atoms with E-state index in [-0.39, 0.29) is 0 Å². The second-order valence-electron chi connectivity index (χ2n) is 4.83. The summed E-state index contributed by atoms with van der Waals surface area (Å²) in [6.45, 7) is 1.29. The summed E-state index contributed by atoms with van der Waals surface area (Å²) in [5, 5.41) is 0.655. The van der Waals surface area contributed by atoms with Crippen molar-refractivity contribution in [3.05, 3.63) is 60.2 Å². The van der Waals surface area contributed by atoms with Crippen LogP contribution in [-0.2, 0) is 24.6 Å². The summed E-state index contributed by atoms with van der Waals surface area (Å²) in [5.74, 6) is 0. The average Bonchev–Trinajstić information content (AvgIpc) is 2.99. The molecule has 0 saturated heterocycles. The molecule has 1 aliphatic rings. The molecule has 0 bridgehead atoms. The summed E-state index contributed by atoms with van der Waals surface area (Å²) in [4.78, 5) is 4.49. The molecule has 1 unspecified atom stereocenters. The van der Waals surface area contributed by atoms with Gasteiger partial charge in [-0.2, -0.15) is 4.98 Å². The lowest BCUT2D eigenvalue weighted by Gasteiger charge is -2.14. The van der Waals surface area contributed by atoms with E-state index in [1.54, 1.807) is 0 Å². The Morgan fingerprint density at radius 2 is 1.80 bits per heavy atom. The van der Waals surface area contributed by atoms with Crippen molar-refractivity contribution in [2.45, 2.75) is 18.4 Å². The Morgan fingerprint density at radius 3 is 2.65 bits per heavy atom. The lowest BCUT2D eigenvalue weighted by atomic mass is 10.2. The normalized spacial score (nSPS) is 18.6. The summed E-state index contributed by atoms with van der Waals surface area (Å²) in [6.07, 6.45) is 0. The highest BCUT2D eigenvalue weighted by Gasteiger charge is 2.37. The molecule has 20 heavy (non-hydrogen) atoms. The molecule has 5 heteroatoms. The fraction of sp³-hybridized carbons (Fsp3) is 0.133. The number of fused-ring (bicyclic) bond motifs is 3. The predicted molar refractivity (Wildman–Crippen MR) is 78.1 cm³/mol. The van der Waals surface area contributed by atoms with E-state index < -0.39 is 11.4 Å². The zero-order valence-corrected chi connectivity index (χ0v) is 11.6. The molecule has 3 aromatic rings. The van der Waals surface area contributed by atoms with Gasteiger partial charge in [-0.25, -0.2) is 0 Å². The van der Waals surface area contributed by atoms with Gasteiger partial charge < -0.3 is 4.55 Å². The third-order valence-electron chi connectivity index (χ3n) is 3.51. The molecule has 4 rings (SSSR count). The summed E-state index contributed by atoms with van der Waals surface area (Å²) in [5.41, 5.74) is 3.12. The molecule has 2 aromatic carbocycles. The van der Waals surface area contributed by atoms with Gasteiger partial charge in [0.15, 0.2) is 0 Å². The molecule has 2 heterocycles. The molecular formula is C15H13N3OS. The van der Waals surface area contributed by atoms with Crippen molar-refractivity contribution < 1.29 is 4.55 Å². The number of nitrogens with zero attached hydrogens (tertiary/aromatic N) is 3. The topological polar surface area (TPSA) is 44.1 Å². The van der Waals surface area contributed by atoms with Crippen LogP contribution in [0.15, 0.2) is 59.8 Å². The van der Waals surface area contributed by atoms with Crippen molar-refractivity contribution in [3.8, 4) is 0 Å². The molecule has 1 aromatic heterocycles. The molecule has 100 valence electrons. The van der Waals surface area contributed by atoms with Gasteiger partial charge in [-0.05, 0) is 17.7 Å². The Kier molecular flexibility index (Phi) is 2.77. The molecule has 0 amide bonds. The van der Waals surface area contributed by atoms with Gasteiger partial charge in [0.25, 0.3) is 0 Å². The van der Waals surface area contributed by atoms with Crippen LogP contribution >= 0.6 is 0 Å². The van der Waals surface area contributed by atoms with Gasteiger partial charge in [0, 0.05) is 0 Å². The zero-order valence-electron chi connectivity index (χ0n) is 10.8. The third kappa shape index (κ3) is 1.83. The minimum atomic E-state index is -1.18. The van der Waals surface area contributed by atoms with Crippen LogP contribution in [0.2, 0.25) is 0 Å². The molecule has 0 aliphatic carbocycles. The molecular weight excluding hydrogens is 270 g/mol. The first-order chi connectivity index (χ1) is 9.83. The largest absolute Gasteiger partial charge is 0.590 e. The number of hydrogen-bond donors (Lipinski definition) is 0. The summed E-state index contributed by atoms with van der Waals surface area (Å²) in [6, 6.07) is 18.0. The minimum Gasteiger partial charge on any atom is -0.590 e. The van der Waals surface area contributed by atoms with Crippen molar-refractivity contribution in [2.24, 2.45) is 0 Å². The third-order valence-corrected chi connectivity index (χ3v) is 4.85. The van der Waals surface area contributed by atoms with Gasteiger partial charge in [0.2, 0.25) is 0 Å². The van der Waals surface area contributed by atoms with Crippen LogP contribution < -0.4 is 0 Å². The average molecular weight is 283 g/mol. The first kappa shape index (κ1) is 12.0. The first-order valence-corrected chi connectivity index (χ1v) is 7.59. The summed E-state index contributed by atoms with van der Waals surface area (Å²) in [7, 11) is 0. The summed E-state index contributed by atoms with van der Waals surface area (Å²) < 4.78 is 16.5. The van der Waals surface area contributed by atoms with Crippen LogP contribution in [0, 0.1) is 0 Å². The first-order valence-electron chi connectivity index (χ1n) is 6.49.